The van der Waals surface area contributed by atoms with Gasteiger partial charge in [-0.25, -0.2) is 9.18 Å². The number of aryl methyl sites for hydroxylation is 1. The monoisotopic (exact) mass is 479 g/mol. The Morgan fingerprint density at radius 3 is 2.17 bits per heavy atom. The van der Waals surface area contributed by atoms with Crippen LogP contribution >= 0.6 is 10.5 Å². The van der Waals surface area contributed by atoms with E-state index >= 15 is 0 Å². The topological polar surface area (TPSA) is 26.3 Å². The van der Waals surface area contributed by atoms with E-state index in [1.54, 1.807) is 32.0 Å². The molecular weight excluding hydrogens is 455 g/mol. The van der Waals surface area contributed by atoms with Crippen LogP contribution in [0.15, 0.2) is 91.0 Å². The first-order chi connectivity index (χ1) is 16.8. The van der Waals surface area contributed by atoms with E-state index in [4.69, 9.17) is 4.74 Å². The second kappa shape index (κ2) is 9.02. The number of thiophene rings is 1. The number of fused-ring (bicyclic) bond motifs is 3. The van der Waals surface area contributed by atoms with Crippen LogP contribution < -0.4 is 0 Å². The normalized spacial score (nSPS) is 11.3. The summed E-state index contributed by atoms with van der Waals surface area (Å²) in [7, 11) is -0.301. The molecule has 0 saturated carbocycles. The summed E-state index contributed by atoms with van der Waals surface area (Å²) >= 11 is 0. The summed E-state index contributed by atoms with van der Waals surface area (Å²) in [4.78, 5) is 14.1. The Bertz CT molecular complexity index is 1600. The Kier molecular flexibility index (Phi) is 5.88. The molecule has 172 valence electrons. The van der Waals surface area contributed by atoms with E-state index in [2.05, 4.69) is 66.4 Å². The van der Waals surface area contributed by atoms with Gasteiger partial charge in [0.15, 0.2) is 19.9 Å². The standard InChI is InChI=1S/C31H24FO2S/c1-21-15-16-22(27(32)19-21)17-18-31(2,3)34-30(33)23-9-8-10-24(20-23)35-28-13-6-4-11-25(28)26-12-5-7-14-29(26)35/h4-16,19-20H,1-3H3/q+1. The summed E-state index contributed by atoms with van der Waals surface area (Å²) in [6.07, 6.45) is 0. The van der Waals surface area contributed by atoms with Crippen molar-refractivity contribution in [2.24, 2.45) is 0 Å². The summed E-state index contributed by atoms with van der Waals surface area (Å²) in [6, 6.07) is 29.3. The molecule has 0 aliphatic carbocycles. The molecule has 1 aromatic heterocycles. The highest BCUT2D eigenvalue weighted by Crippen LogP contribution is 2.48. The number of rotatable bonds is 3. The number of hydrogen-bond acceptors (Lipinski definition) is 2. The molecule has 0 aliphatic rings. The predicted molar refractivity (Wildman–Crippen MR) is 143 cm³/mol. The predicted octanol–water partition coefficient (Wildman–Crippen LogP) is 8.17. The van der Waals surface area contributed by atoms with Gasteiger partial charge in [0.2, 0.25) is 0 Å². The van der Waals surface area contributed by atoms with Gasteiger partial charge in [-0.05, 0) is 74.9 Å². The maximum atomic E-state index is 14.1. The molecule has 0 N–H and O–H groups in total. The van der Waals surface area contributed by atoms with E-state index in [-0.39, 0.29) is 21.9 Å². The quantitative estimate of drug-likeness (QED) is 0.148. The van der Waals surface area contributed by atoms with Crippen molar-refractivity contribution < 1.29 is 13.9 Å². The first-order valence-electron chi connectivity index (χ1n) is 11.4. The van der Waals surface area contributed by atoms with Gasteiger partial charge in [-0.1, -0.05) is 48.2 Å². The second-order valence-corrected chi connectivity index (χ2v) is 10.9. The molecule has 1 heterocycles. The number of ether oxygens (including phenoxy) is 1. The average molecular weight is 480 g/mol. The van der Waals surface area contributed by atoms with Gasteiger partial charge >= 0.3 is 5.97 Å². The summed E-state index contributed by atoms with van der Waals surface area (Å²) in [6.45, 7) is 5.24. The maximum absolute atomic E-state index is 14.1. The van der Waals surface area contributed by atoms with Crippen LogP contribution in [0.3, 0.4) is 0 Å². The highest BCUT2D eigenvalue weighted by atomic mass is 32.2. The SMILES string of the molecule is Cc1ccc(C#CC(C)(C)OC(=O)c2cccc(-[s+]3c4ccccc4c4ccccc43)c2)c(F)c1. The molecule has 0 spiro atoms. The zero-order valence-electron chi connectivity index (χ0n) is 19.8. The third kappa shape index (κ3) is 4.56. The van der Waals surface area contributed by atoms with Crippen LogP contribution in [0.5, 0.6) is 0 Å². The number of hydrogen-bond donors (Lipinski definition) is 0. The number of benzene rings is 4. The molecule has 0 bridgehead atoms. The minimum Gasteiger partial charge on any atom is -0.443 e. The molecule has 0 radical (unpaired) electrons. The van der Waals surface area contributed by atoms with E-state index in [1.165, 1.54) is 26.2 Å². The fourth-order valence-corrected chi connectivity index (χ4v) is 6.54. The Labute approximate surface area is 207 Å². The average Bonchev–Trinajstić information content (AvgIpc) is 3.18. The molecule has 0 saturated heterocycles. The van der Waals surface area contributed by atoms with Crippen LogP contribution in [0.2, 0.25) is 0 Å². The van der Waals surface area contributed by atoms with E-state index in [9.17, 15) is 9.18 Å². The Morgan fingerprint density at radius 2 is 1.51 bits per heavy atom. The first-order valence-corrected chi connectivity index (χ1v) is 12.6. The van der Waals surface area contributed by atoms with Gasteiger partial charge in [-0.3, -0.25) is 0 Å². The van der Waals surface area contributed by atoms with E-state index in [0.29, 0.717) is 5.56 Å². The van der Waals surface area contributed by atoms with Crippen molar-refractivity contribution in [3.63, 3.8) is 0 Å². The lowest BCUT2D eigenvalue weighted by Gasteiger charge is -2.18. The Balaban J connectivity index is 1.47. The van der Waals surface area contributed by atoms with Crippen molar-refractivity contribution in [2.75, 3.05) is 0 Å². The molecule has 0 fully saturated rings. The third-order valence-electron chi connectivity index (χ3n) is 5.78. The van der Waals surface area contributed by atoms with Crippen molar-refractivity contribution in [1.29, 1.82) is 0 Å². The van der Waals surface area contributed by atoms with Gasteiger partial charge in [-0.2, -0.15) is 0 Å². The third-order valence-corrected chi connectivity index (χ3v) is 8.10. The summed E-state index contributed by atoms with van der Waals surface area (Å²) in [5.74, 6) is 4.87. The molecule has 2 nitrogen and oxygen atoms in total. The number of halogens is 1. The van der Waals surface area contributed by atoms with Crippen molar-refractivity contribution in [3.8, 4) is 16.7 Å². The smallest absolute Gasteiger partial charge is 0.339 e. The fourth-order valence-electron chi connectivity index (χ4n) is 4.11. The fraction of sp³-hybridized carbons (Fsp3) is 0.129. The first kappa shape index (κ1) is 22.8. The van der Waals surface area contributed by atoms with Crippen LogP contribution in [0.1, 0.15) is 35.3 Å². The lowest BCUT2D eigenvalue weighted by Crippen LogP contribution is -2.26. The van der Waals surface area contributed by atoms with Gasteiger partial charge in [-0.15, -0.1) is 0 Å². The molecule has 0 amide bonds. The zero-order chi connectivity index (χ0) is 24.6. The Hall–Kier alpha value is -3.94. The van der Waals surface area contributed by atoms with E-state index < -0.39 is 11.6 Å². The van der Waals surface area contributed by atoms with Crippen molar-refractivity contribution in [3.05, 3.63) is 114 Å². The van der Waals surface area contributed by atoms with Gasteiger partial charge in [0.1, 0.15) is 5.82 Å². The summed E-state index contributed by atoms with van der Waals surface area (Å²) in [5, 5.41) is 2.47. The number of carbonyl (C=O) groups excluding carboxylic acids is 1. The lowest BCUT2D eigenvalue weighted by molar-refractivity contribution is 0.0204. The lowest BCUT2D eigenvalue weighted by atomic mass is 10.1. The minimum atomic E-state index is -1.08. The second-order valence-electron chi connectivity index (χ2n) is 8.96. The molecule has 5 aromatic rings. The number of esters is 1. The molecule has 0 unspecified atom stereocenters. The highest BCUT2D eigenvalue weighted by Gasteiger charge is 2.26. The zero-order valence-corrected chi connectivity index (χ0v) is 20.6. The highest BCUT2D eigenvalue weighted by molar-refractivity contribution is 7.50. The van der Waals surface area contributed by atoms with Crippen LogP contribution in [-0.4, -0.2) is 11.6 Å². The van der Waals surface area contributed by atoms with Gasteiger partial charge in [0.05, 0.1) is 11.1 Å². The molecular formula is C31H24FO2S+. The maximum Gasteiger partial charge on any atom is 0.339 e. The molecule has 4 heteroatoms. The molecule has 0 aliphatic heterocycles. The largest absolute Gasteiger partial charge is 0.443 e. The van der Waals surface area contributed by atoms with Crippen LogP contribution in [-0.2, 0) is 4.74 Å². The number of carbonyl (C=O) groups is 1. The van der Waals surface area contributed by atoms with Crippen molar-refractivity contribution in [1.82, 2.24) is 0 Å². The molecule has 35 heavy (non-hydrogen) atoms. The van der Waals surface area contributed by atoms with E-state index in [0.717, 1.165) is 10.5 Å². The summed E-state index contributed by atoms with van der Waals surface area (Å²) in [5.41, 5.74) is 0.487. The van der Waals surface area contributed by atoms with E-state index in [1.807, 2.05) is 19.1 Å². The molecule has 4 aromatic carbocycles. The minimum absolute atomic E-state index is 0.279. The summed E-state index contributed by atoms with van der Waals surface area (Å²) < 4.78 is 22.4. The van der Waals surface area contributed by atoms with Gasteiger partial charge in [0, 0.05) is 27.3 Å². The Morgan fingerprint density at radius 1 is 0.857 bits per heavy atom. The molecule has 5 rings (SSSR count). The molecule has 0 atom stereocenters. The van der Waals surface area contributed by atoms with Crippen LogP contribution in [0, 0.1) is 24.6 Å². The van der Waals surface area contributed by atoms with Crippen molar-refractivity contribution >= 4 is 36.6 Å². The van der Waals surface area contributed by atoms with Crippen LogP contribution in [0.25, 0.3) is 25.1 Å². The van der Waals surface area contributed by atoms with Gasteiger partial charge < -0.3 is 4.74 Å². The van der Waals surface area contributed by atoms with Gasteiger partial charge in [0.25, 0.3) is 0 Å². The van der Waals surface area contributed by atoms with Crippen LogP contribution in [0.4, 0.5) is 4.39 Å². The van der Waals surface area contributed by atoms with Crippen molar-refractivity contribution in [2.45, 2.75) is 26.4 Å².